The first-order chi connectivity index (χ1) is 8.63. The maximum atomic E-state index is 11.7. The number of hydrogen-bond acceptors (Lipinski definition) is 4. The maximum Gasteiger partial charge on any atom is 0.234 e. The van der Waals surface area contributed by atoms with Crippen LogP contribution in [-0.2, 0) is 9.53 Å². The van der Waals surface area contributed by atoms with Crippen LogP contribution in [0.4, 0.5) is 0 Å². The zero-order valence-electron chi connectivity index (χ0n) is 11.9. The summed E-state index contributed by atoms with van der Waals surface area (Å²) in [6.07, 6.45) is 3.29. The molecule has 0 aromatic carbocycles. The van der Waals surface area contributed by atoms with Gasteiger partial charge in [-0.1, -0.05) is 0 Å². The van der Waals surface area contributed by atoms with E-state index in [4.69, 9.17) is 4.74 Å². The van der Waals surface area contributed by atoms with E-state index in [1.807, 2.05) is 0 Å². The molecule has 1 aliphatic heterocycles. The number of nitrogens with one attached hydrogen (secondary N) is 1. The Bertz CT molecular complexity index is 246. The molecule has 1 atom stereocenters. The highest BCUT2D eigenvalue weighted by molar-refractivity contribution is 5.77. The van der Waals surface area contributed by atoms with Gasteiger partial charge in [-0.2, -0.15) is 0 Å². The number of ether oxygens (including phenoxy) is 1. The summed E-state index contributed by atoms with van der Waals surface area (Å²) in [6, 6.07) is 0.583. The Kier molecular flexibility index (Phi) is 7.23. The molecule has 0 aromatic rings. The van der Waals surface area contributed by atoms with Crippen LogP contribution in [0.15, 0.2) is 0 Å². The summed E-state index contributed by atoms with van der Waals surface area (Å²) in [4.78, 5) is 16.2. The monoisotopic (exact) mass is 257 g/mol. The minimum Gasteiger partial charge on any atom is -0.385 e. The van der Waals surface area contributed by atoms with Gasteiger partial charge < -0.3 is 15.0 Å². The molecule has 1 aliphatic rings. The van der Waals surface area contributed by atoms with E-state index in [2.05, 4.69) is 29.2 Å². The number of likely N-dealkylation sites (N-methyl/N-ethyl adjacent to an activating group) is 1. The first kappa shape index (κ1) is 15.4. The van der Waals surface area contributed by atoms with E-state index in [1.165, 1.54) is 12.8 Å². The highest BCUT2D eigenvalue weighted by atomic mass is 16.5. The van der Waals surface area contributed by atoms with E-state index in [1.54, 1.807) is 7.11 Å². The van der Waals surface area contributed by atoms with Gasteiger partial charge in [0, 0.05) is 32.8 Å². The van der Waals surface area contributed by atoms with E-state index in [-0.39, 0.29) is 5.91 Å². The first-order valence-corrected chi connectivity index (χ1v) is 6.78. The van der Waals surface area contributed by atoms with Crippen LogP contribution in [0.25, 0.3) is 0 Å². The predicted octanol–water partition coefficient (Wildman–Crippen LogP) is 0.165. The van der Waals surface area contributed by atoms with E-state index in [9.17, 15) is 4.79 Å². The number of nitrogens with zero attached hydrogens (tertiary/aromatic N) is 2. The van der Waals surface area contributed by atoms with Gasteiger partial charge in [0.1, 0.15) is 0 Å². The Morgan fingerprint density at radius 3 is 2.94 bits per heavy atom. The van der Waals surface area contributed by atoms with E-state index >= 15 is 0 Å². The Labute approximate surface area is 110 Å². The lowest BCUT2D eigenvalue weighted by Crippen LogP contribution is -2.48. The van der Waals surface area contributed by atoms with E-state index < -0.39 is 0 Å². The molecule has 1 rings (SSSR count). The second kappa shape index (κ2) is 8.45. The van der Waals surface area contributed by atoms with Crippen LogP contribution in [0.5, 0.6) is 0 Å². The van der Waals surface area contributed by atoms with Crippen molar-refractivity contribution >= 4 is 5.91 Å². The number of carbonyl (C=O) groups is 1. The summed E-state index contributed by atoms with van der Waals surface area (Å²) >= 11 is 0. The van der Waals surface area contributed by atoms with Crippen molar-refractivity contribution in [1.29, 1.82) is 0 Å². The van der Waals surface area contributed by atoms with Crippen molar-refractivity contribution in [2.24, 2.45) is 0 Å². The van der Waals surface area contributed by atoms with Crippen LogP contribution in [0.1, 0.15) is 19.3 Å². The van der Waals surface area contributed by atoms with Crippen LogP contribution >= 0.6 is 0 Å². The van der Waals surface area contributed by atoms with Crippen molar-refractivity contribution in [2.75, 3.05) is 54.0 Å². The van der Waals surface area contributed by atoms with Crippen LogP contribution in [0, 0.1) is 0 Å². The van der Waals surface area contributed by atoms with Crippen molar-refractivity contribution in [2.45, 2.75) is 25.3 Å². The summed E-state index contributed by atoms with van der Waals surface area (Å²) < 4.78 is 4.95. The molecule has 0 spiro atoms. The van der Waals surface area contributed by atoms with Crippen molar-refractivity contribution in [3.8, 4) is 0 Å². The first-order valence-electron chi connectivity index (χ1n) is 6.78. The highest BCUT2D eigenvalue weighted by Crippen LogP contribution is 2.12. The quantitative estimate of drug-likeness (QED) is 0.660. The molecule has 1 amide bonds. The molecule has 1 fully saturated rings. The Morgan fingerprint density at radius 1 is 1.50 bits per heavy atom. The molecule has 0 radical (unpaired) electrons. The molecule has 1 unspecified atom stereocenters. The van der Waals surface area contributed by atoms with Gasteiger partial charge in [0.05, 0.1) is 6.54 Å². The molecular formula is C13H27N3O2. The van der Waals surface area contributed by atoms with Crippen LogP contribution in [0.2, 0.25) is 0 Å². The van der Waals surface area contributed by atoms with E-state index in [0.717, 1.165) is 19.5 Å². The molecule has 0 saturated carbocycles. The Balaban J connectivity index is 2.18. The average molecular weight is 257 g/mol. The van der Waals surface area contributed by atoms with Crippen molar-refractivity contribution in [3.05, 3.63) is 0 Å². The highest BCUT2D eigenvalue weighted by Gasteiger charge is 2.22. The van der Waals surface area contributed by atoms with Gasteiger partial charge in [-0.25, -0.2) is 0 Å². The molecular weight excluding hydrogens is 230 g/mol. The summed E-state index contributed by atoms with van der Waals surface area (Å²) in [5.41, 5.74) is 0. The second-order valence-electron chi connectivity index (χ2n) is 5.19. The van der Waals surface area contributed by atoms with Gasteiger partial charge in [0.25, 0.3) is 0 Å². The normalized spacial score (nSPS) is 21.2. The predicted molar refractivity (Wildman–Crippen MR) is 72.7 cm³/mol. The van der Waals surface area contributed by atoms with Gasteiger partial charge in [-0.15, -0.1) is 0 Å². The Morgan fingerprint density at radius 2 is 2.28 bits per heavy atom. The third-order valence-corrected chi connectivity index (χ3v) is 3.43. The largest absolute Gasteiger partial charge is 0.385 e. The lowest BCUT2D eigenvalue weighted by Gasteiger charge is -2.35. The zero-order valence-corrected chi connectivity index (χ0v) is 11.9. The number of hydrogen-bond donors (Lipinski definition) is 1. The number of carbonyl (C=O) groups excluding carboxylic acids is 1. The van der Waals surface area contributed by atoms with Crippen molar-refractivity contribution in [3.63, 3.8) is 0 Å². The minimum absolute atomic E-state index is 0.130. The summed E-state index contributed by atoms with van der Waals surface area (Å²) in [5, 5.41) is 2.93. The summed E-state index contributed by atoms with van der Waals surface area (Å²) in [5.74, 6) is 0.130. The molecule has 1 heterocycles. The minimum atomic E-state index is 0.130. The fraction of sp³-hybridized carbons (Fsp3) is 0.923. The zero-order chi connectivity index (χ0) is 13.4. The molecule has 18 heavy (non-hydrogen) atoms. The number of rotatable bonds is 7. The lowest BCUT2D eigenvalue weighted by atomic mass is 10.1. The average Bonchev–Trinajstić information content (AvgIpc) is 2.35. The number of likely N-dealkylation sites (tertiary alicyclic amines) is 1. The third-order valence-electron chi connectivity index (χ3n) is 3.43. The molecule has 1 saturated heterocycles. The summed E-state index contributed by atoms with van der Waals surface area (Å²) in [7, 11) is 5.90. The number of methoxy groups -OCH3 is 1. The fourth-order valence-corrected chi connectivity index (χ4v) is 2.30. The van der Waals surface area contributed by atoms with Gasteiger partial charge in [-0.3, -0.25) is 9.69 Å². The van der Waals surface area contributed by atoms with E-state index in [0.29, 0.717) is 25.7 Å². The molecule has 106 valence electrons. The fourth-order valence-electron chi connectivity index (χ4n) is 2.30. The van der Waals surface area contributed by atoms with Crippen molar-refractivity contribution in [1.82, 2.24) is 15.1 Å². The molecule has 1 N–H and O–H groups in total. The smallest absolute Gasteiger partial charge is 0.234 e. The van der Waals surface area contributed by atoms with Gasteiger partial charge >= 0.3 is 0 Å². The lowest BCUT2D eigenvalue weighted by molar-refractivity contribution is -0.122. The molecule has 0 bridgehead atoms. The standard InChI is InChI=1S/C13H27N3O2/c1-15(2)12-6-4-8-16(10-12)11-13(17)14-7-5-9-18-3/h12H,4-11H2,1-3H3,(H,14,17). The maximum absolute atomic E-state index is 11.7. The van der Waals surface area contributed by atoms with Crippen LogP contribution in [0.3, 0.4) is 0 Å². The molecule has 5 nitrogen and oxygen atoms in total. The van der Waals surface area contributed by atoms with Gasteiger partial charge in [0.15, 0.2) is 0 Å². The van der Waals surface area contributed by atoms with Crippen LogP contribution in [-0.4, -0.2) is 75.7 Å². The van der Waals surface area contributed by atoms with Gasteiger partial charge in [0.2, 0.25) is 5.91 Å². The SMILES string of the molecule is COCCCNC(=O)CN1CCCC(N(C)C)C1. The van der Waals surface area contributed by atoms with Crippen LogP contribution < -0.4 is 5.32 Å². The molecule has 0 aliphatic carbocycles. The molecule has 5 heteroatoms. The molecule has 0 aromatic heterocycles. The Hall–Kier alpha value is -0.650. The second-order valence-corrected chi connectivity index (χ2v) is 5.19. The van der Waals surface area contributed by atoms with Crippen molar-refractivity contribution < 1.29 is 9.53 Å². The number of piperidine rings is 1. The number of amides is 1. The summed E-state index contributed by atoms with van der Waals surface area (Å²) in [6.45, 7) is 3.97. The van der Waals surface area contributed by atoms with Gasteiger partial charge in [-0.05, 0) is 39.9 Å². The topological polar surface area (TPSA) is 44.8 Å². The third kappa shape index (κ3) is 5.80.